The van der Waals surface area contributed by atoms with Crippen LogP contribution in [-0.2, 0) is 16.1 Å². The first-order chi connectivity index (χ1) is 14.6. The lowest BCUT2D eigenvalue weighted by Gasteiger charge is -2.48. The molecule has 0 saturated carbocycles. The van der Waals surface area contributed by atoms with Crippen molar-refractivity contribution in [2.75, 3.05) is 12.0 Å². The number of aryl methyl sites for hydroxylation is 1. The summed E-state index contributed by atoms with van der Waals surface area (Å²) < 4.78 is 11.2. The van der Waals surface area contributed by atoms with Crippen molar-refractivity contribution in [1.29, 1.82) is 0 Å². The Hall–Kier alpha value is -3.15. The molecule has 4 rings (SSSR count). The van der Waals surface area contributed by atoms with Gasteiger partial charge in [0.05, 0.1) is 13.7 Å². The molecule has 1 heterocycles. The summed E-state index contributed by atoms with van der Waals surface area (Å²) in [5.74, 6) is 0.548. The van der Waals surface area contributed by atoms with E-state index in [0.29, 0.717) is 18.0 Å². The Bertz CT molecular complexity index is 986. The number of carbonyl (C=O) groups is 1. The predicted molar refractivity (Wildman–Crippen MR) is 115 cm³/mol. The number of carbonyl (C=O) groups excluding carboxylic acids is 1. The normalized spacial score (nSPS) is 19.3. The maximum Gasteiger partial charge on any atom is 0.258 e. The summed E-state index contributed by atoms with van der Waals surface area (Å²) >= 11 is 0. The molecular weight excluding hydrogens is 378 g/mol. The first-order valence-electron chi connectivity index (χ1n) is 9.96. The maximum absolute atomic E-state index is 13.0. The van der Waals surface area contributed by atoms with E-state index >= 15 is 0 Å². The molecule has 5 nitrogen and oxygen atoms in total. The van der Waals surface area contributed by atoms with Crippen molar-refractivity contribution in [2.24, 2.45) is 0 Å². The first kappa shape index (κ1) is 20.1. The fraction of sp³-hybridized carbons (Fsp3) is 0.240. The van der Waals surface area contributed by atoms with Crippen LogP contribution in [0.25, 0.3) is 0 Å². The summed E-state index contributed by atoms with van der Waals surface area (Å²) in [4.78, 5) is 14.6. The van der Waals surface area contributed by atoms with Crippen LogP contribution in [0, 0.1) is 6.92 Å². The van der Waals surface area contributed by atoms with Crippen molar-refractivity contribution in [1.82, 2.24) is 0 Å². The lowest BCUT2D eigenvalue weighted by Crippen LogP contribution is -2.68. The molecule has 1 fully saturated rings. The molecule has 1 aliphatic rings. The van der Waals surface area contributed by atoms with E-state index in [1.54, 1.807) is 24.1 Å². The van der Waals surface area contributed by atoms with Gasteiger partial charge in [-0.25, -0.2) is 0 Å². The number of aliphatic hydroxyl groups excluding tert-OH is 1. The molecule has 0 aromatic heterocycles. The summed E-state index contributed by atoms with van der Waals surface area (Å²) in [6.45, 7) is 2.31. The second-order valence-corrected chi connectivity index (χ2v) is 7.47. The second-order valence-electron chi connectivity index (χ2n) is 7.47. The van der Waals surface area contributed by atoms with E-state index in [0.717, 1.165) is 16.7 Å². The van der Waals surface area contributed by atoms with Gasteiger partial charge < -0.3 is 19.5 Å². The van der Waals surface area contributed by atoms with Crippen LogP contribution >= 0.6 is 0 Å². The van der Waals surface area contributed by atoms with Gasteiger partial charge in [-0.05, 0) is 42.3 Å². The third-order valence-corrected chi connectivity index (χ3v) is 5.45. The largest absolute Gasteiger partial charge is 0.497 e. The van der Waals surface area contributed by atoms with E-state index in [4.69, 9.17) is 9.47 Å². The van der Waals surface area contributed by atoms with E-state index in [1.165, 1.54) is 0 Å². The van der Waals surface area contributed by atoms with Gasteiger partial charge in [-0.2, -0.15) is 0 Å². The van der Waals surface area contributed by atoms with Gasteiger partial charge in [0.1, 0.15) is 17.9 Å². The number of β-lactam (4-membered cyclic amide) rings is 1. The minimum absolute atomic E-state index is 0.160. The zero-order valence-electron chi connectivity index (χ0n) is 17.1. The van der Waals surface area contributed by atoms with Gasteiger partial charge in [-0.15, -0.1) is 0 Å². The van der Waals surface area contributed by atoms with Crippen molar-refractivity contribution in [3.63, 3.8) is 0 Å². The van der Waals surface area contributed by atoms with Gasteiger partial charge in [0.15, 0.2) is 6.10 Å². The molecule has 5 heteroatoms. The van der Waals surface area contributed by atoms with Crippen molar-refractivity contribution in [3.05, 3.63) is 95.6 Å². The standard InChI is InChI=1S/C25H25NO4/c1-17-8-10-19(11-9-17)23(27)22-24(30-16-18-6-4-3-5-7-18)25(28)26(22)20-12-14-21(29-2)15-13-20/h3-15,22-24,27H,16H2,1-2H3/t22-,23+,24+/m0/s1. The van der Waals surface area contributed by atoms with Crippen LogP contribution in [0.3, 0.4) is 0 Å². The number of methoxy groups -OCH3 is 1. The summed E-state index contributed by atoms with van der Waals surface area (Å²) in [6.07, 6.45) is -1.59. The molecule has 3 aromatic carbocycles. The molecule has 0 spiro atoms. The zero-order chi connectivity index (χ0) is 21.1. The number of aliphatic hydroxyl groups is 1. The first-order valence-corrected chi connectivity index (χ1v) is 9.96. The number of benzene rings is 3. The quantitative estimate of drug-likeness (QED) is 0.605. The Kier molecular flexibility index (Phi) is 5.84. The topological polar surface area (TPSA) is 59.0 Å². The number of hydrogen-bond donors (Lipinski definition) is 1. The minimum atomic E-state index is -0.869. The average Bonchev–Trinajstić information content (AvgIpc) is 2.78. The van der Waals surface area contributed by atoms with Crippen LogP contribution in [0.4, 0.5) is 5.69 Å². The summed E-state index contributed by atoms with van der Waals surface area (Å²) in [6, 6.07) is 24.1. The fourth-order valence-electron chi connectivity index (χ4n) is 3.72. The minimum Gasteiger partial charge on any atom is -0.497 e. The molecule has 30 heavy (non-hydrogen) atoms. The molecule has 1 aliphatic heterocycles. The molecule has 1 amide bonds. The van der Waals surface area contributed by atoms with Crippen LogP contribution in [0.15, 0.2) is 78.9 Å². The lowest BCUT2D eigenvalue weighted by atomic mass is 9.87. The third-order valence-electron chi connectivity index (χ3n) is 5.45. The highest BCUT2D eigenvalue weighted by Crippen LogP contribution is 2.38. The molecule has 1 N–H and O–H groups in total. The molecule has 0 unspecified atom stereocenters. The molecule has 0 aliphatic carbocycles. The van der Waals surface area contributed by atoms with Gasteiger partial charge in [-0.1, -0.05) is 60.2 Å². The van der Waals surface area contributed by atoms with E-state index in [9.17, 15) is 9.90 Å². The average molecular weight is 403 g/mol. The molecule has 0 radical (unpaired) electrons. The summed E-state index contributed by atoms with van der Waals surface area (Å²) in [7, 11) is 1.60. The van der Waals surface area contributed by atoms with Crippen LogP contribution in [0.1, 0.15) is 22.8 Å². The Labute approximate surface area is 176 Å². The number of nitrogens with zero attached hydrogens (tertiary/aromatic N) is 1. The van der Waals surface area contributed by atoms with Crippen molar-refractivity contribution in [3.8, 4) is 5.75 Å². The van der Waals surface area contributed by atoms with Gasteiger partial charge in [0.25, 0.3) is 5.91 Å². The van der Waals surface area contributed by atoms with E-state index < -0.39 is 18.2 Å². The Morgan fingerprint density at radius 3 is 2.27 bits per heavy atom. The number of hydrogen-bond acceptors (Lipinski definition) is 4. The predicted octanol–water partition coefficient (Wildman–Crippen LogP) is 4.04. The monoisotopic (exact) mass is 403 g/mol. The Morgan fingerprint density at radius 1 is 0.967 bits per heavy atom. The third kappa shape index (κ3) is 3.95. The van der Waals surface area contributed by atoms with E-state index in [2.05, 4.69) is 0 Å². The van der Waals surface area contributed by atoms with E-state index in [-0.39, 0.29) is 5.91 Å². The smallest absolute Gasteiger partial charge is 0.258 e. The molecule has 3 atom stereocenters. The van der Waals surface area contributed by atoms with Crippen LogP contribution in [-0.4, -0.2) is 30.3 Å². The number of rotatable bonds is 7. The van der Waals surface area contributed by atoms with Gasteiger partial charge in [-0.3, -0.25) is 4.79 Å². The lowest BCUT2D eigenvalue weighted by molar-refractivity contribution is -0.149. The Balaban J connectivity index is 1.60. The highest BCUT2D eigenvalue weighted by molar-refractivity contribution is 6.05. The molecular formula is C25H25NO4. The zero-order valence-corrected chi connectivity index (χ0v) is 17.1. The maximum atomic E-state index is 13.0. The van der Waals surface area contributed by atoms with Gasteiger partial charge in [0, 0.05) is 5.69 Å². The Morgan fingerprint density at radius 2 is 1.63 bits per heavy atom. The highest BCUT2D eigenvalue weighted by Gasteiger charge is 2.53. The van der Waals surface area contributed by atoms with Crippen molar-refractivity contribution >= 4 is 11.6 Å². The van der Waals surface area contributed by atoms with Crippen molar-refractivity contribution < 1.29 is 19.4 Å². The van der Waals surface area contributed by atoms with Crippen LogP contribution in [0.5, 0.6) is 5.75 Å². The summed E-state index contributed by atoms with van der Waals surface area (Å²) in [5.41, 5.74) is 3.55. The van der Waals surface area contributed by atoms with Gasteiger partial charge in [0.2, 0.25) is 0 Å². The molecule has 0 bridgehead atoms. The number of amides is 1. The van der Waals surface area contributed by atoms with Gasteiger partial charge >= 0.3 is 0 Å². The van der Waals surface area contributed by atoms with Crippen LogP contribution < -0.4 is 9.64 Å². The van der Waals surface area contributed by atoms with E-state index in [1.807, 2.05) is 73.7 Å². The summed E-state index contributed by atoms with van der Waals surface area (Å²) in [5, 5.41) is 11.2. The van der Waals surface area contributed by atoms with Crippen LogP contribution in [0.2, 0.25) is 0 Å². The molecule has 1 saturated heterocycles. The number of ether oxygens (including phenoxy) is 2. The fourth-order valence-corrected chi connectivity index (χ4v) is 3.72. The highest BCUT2D eigenvalue weighted by atomic mass is 16.5. The SMILES string of the molecule is COc1ccc(N2C(=O)[C@H](OCc3ccccc3)[C@@H]2[C@H](O)c2ccc(C)cc2)cc1. The number of anilines is 1. The molecule has 3 aromatic rings. The second kappa shape index (κ2) is 8.69. The van der Waals surface area contributed by atoms with Crippen molar-refractivity contribution in [2.45, 2.75) is 31.8 Å². The molecule has 154 valence electrons.